The van der Waals surface area contributed by atoms with Gasteiger partial charge in [-0.25, -0.2) is 0 Å². The van der Waals surface area contributed by atoms with Crippen LogP contribution in [0.15, 0.2) is 30.3 Å². The van der Waals surface area contributed by atoms with Gasteiger partial charge in [0, 0.05) is 18.2 Å². The summed E-state index contributed by atoms with van der Waals surface area (Å²) in [6.45, 7) is 1.34. The molecular formula is C13H12N4. The summed E-state index contributed by atoms with van der Waals surface area (Å²) in [5.41, 5.74) is 4.44. The highest BCUT2D eigenvalue weighted by Crippen LogP contribution is 2.31. The quantitative estimate of drug-likeness (QED) is 0.695. The second-order valence-electron chi connectivity index (χ2n) is 4.22. The first kappa shape index (κ1) is 9.91. The van der Waals surface area contributed by atoms with Crippen LogP contribution in [0.3, 0.4) is 0 Å². The Morgan fingerprint density at radius 1 is 1.24 bits per heavy atom. The highest BCUT2D eigenvalue weighted by atomic mass is 15.3. The van der Waals surface area contributed by atoms with E-state index in [-0.39, 0.29) is 0 Å². The lowest BCUT2D eigenvalue weighted by Crippen LogP contribution is -2.10. The lowest BCUT2D eigenvalue weighted by molar-refractivity contribution is 0.405. The van der Waals surface area contributed by atoms with E-state index in [1.165, 1.54) is 5.56 Å². The van der Waals surface area contributed by atoms with Gasteiger partial charge in [0.05, 0.1) is 24.5 Å². The molecule has 1 aliphatic rings. The number of rotatable bonds is 1. The van der Waals surface area contributed by atoms with E-state index in [0.717, 1.165) is 17.0 Å². The third-order valence-electron chi connectivity index (χ3n) is 3.15. The smallest absolute Gasteiger partial charge is 0.180 e. The Bertz CT molecular complexity index is 592. The Balaban J connectivity index is 2.11. The molecule has 0 saturated heterocycles. The fraction of sp³-hybridized carbons (Fsp3) is 0.231. The molecule has 0 atom stereocenters. The number of aromatic nitrogens is 2. The maximum absolute atomic E-state index is 8.96. The van der Waals surface area contributed by atoms with E-state index in [1.54, 1.807) is 4.90 Å². The fourth-order valence-electron chi connectivity index (χ4n) is 2.29. The van der Waals surface area contributed by atoms with Crippen molar-refractivity contribution in [3.8, 4) is 17.5 Å². The maximum atomic E-state index is 8.96. The summed E-state index contributed by atoms with van der Waals surface area (Å²) in [5, 5.41) is 13.5. The van der Waals surface area contributed by atoms with Gasteiger partial charge >= 0.3 is 0 Å². The van der Waals surface area contributed by atoms with Gasteiger partial charge in [-0.05, 0) is 0 Å². The maximum Gasteiger partial charge on any atom is 0.180 e. The number of hydrogen-bond donors (Lipinski definition) is 0. The molecule has 0 N–H and O–H groups in total. The van der Waals surface area contributed by atoms with Crippen LogP contribution in [-0.2, 0) is 20.1 Å². The molecule has 2 heterocycles. The van der Waals surface area contributed by atoms with E-state index in [1.807, 2.05) is 29.9 Å². The molecule has 3 rings (SSSR count). The van der Waals surface area contributed by atoms with Crippen LogP contribution in [0.5, 0.6) is 0 Å². The van der Waals surface area contributed by atoms with Gasteiger partial charge in [-0.2, -0.15) is 10.4 Å². The largest absolute Gasteiger partial charge is 0.300 e. The zero-order chi connectivity index (χ0) is 11.8. The standard InChI is InChI=1S/C13H12N4/c1-16-12-8-17(9-14)7-11(12)13(15-16)10-5-3-2-4-6-10/h2-6H,7-8H2,1H3. The molecule has 1 aliphatic heterocycles. The van der Waals surface area contributed by atoms with Gasteiger partial charge in [-0.1, -0.05) is 30.3 Å². The van der Waals surface area contributed by atoms with E-state index in [2.05, 4.69) is 23.4 Å². The third-order valence-corrected chi connectivity index (χ3v) is 3.15. The minimum atomic E-state index is 0.669. The van der Waals surface area contributed by atoms with Gasteiger partial charge in [-0.15, -0.1) is 0 Å². The van der Waals surface area contributed by atoms with Crippen molar-refractivity contribution in [3.05, 3.63) is 41.6 Å². The molecule has 0 bridgehead atoms. The van der Waals surface area contributed by atoms with Crippen LogP contribution in [0.2, 0.25) is 0 Å². The predicted octanol–water partition coefficient (Wildman–Crippen LogP) is 1.88. The summed E-state index contributed by atoms with van der Waals surface area (Å²) >= 11 is 0. The minimum Gasteiger partial charge on any atom is -0.300 e. The molecule has 0 aliphatic carbocycles. The number of fused-ring (bicyclic) bond motifs is 1. The Hall–Kier alpha value is -2.28. The second-order valence-corrected chi connectivity index (χ2v) is 4.22. The molecule has 1 aromatic carbocycles. The molecule has 84 valence electrons. The Morgan fingerprint density at radius 3 is 2.71 bits per heavy atom. The number of nitriles is 1. The average molecular weight is 224 g/mol. The highest BCUT2D eigenvalue weighted by Gasteiger charge is 2.26. The van der Waals surface area contributed by atoms with E-state index in [9.17, 15) is 0 Å². The van der Waals surface area contributed by atoms with Crippen molar-refractivity contribution in [1.82, 2.24) is 14.7 Å². The van der Waals surface area contributed by atoms with Crippen LogP contribution >= 0.6 is 0 Å². The zero-order valence-corrected chi connectivity index (χ0v) is 9.59. The van der Waals surface area contributed by atoms with Gasteiger partial charge in [0.15, 0.2) is 6.19 Å². The first-order valence-corrected chi connectivity index (χ1v) is 5.54. The molecule has 0 unspecified atom stereocenters. The Labute approximate surface area is 99.7 Å². The van der Waals surface area contributed by atoms with Crippen LogP contribution < -0.4 is 0 Å². The topological polar surface area (TPSA) is 44.9 Å². The summed E-state index contributed by atoms with van der Waals surface area (Å²) < 4.78 is 1.88. The van der Waals surface area contributed by atoms with Crippen LogP contribution in [0.4, 0.5) is 0 Å². The van der Waals surface area contributed by atoms with Crippen molar-refractivity contribution in [1.29, 1.82) is 5.26 Å². The normalized spacial score (nSPS) is 13.5. The van der Waals surface area contributed by atoms with E-state index >= 15 is 0 Å². The van der Waals surface area contributed by atoms with Crippen LogP contribution in [0.25, 0.3) is 11.3 Å². The molecule has 0 amide bonds. The lowest BCUT2D eigenvalue weighted by Gasteiger charge is -2.06. The van der Waals surface area contributed by atoms with E-state index in [4.69, 9.17) is 5.26 Å². The SMILES string of the molecule is Cn1nc(-c2ccccc2)c2c1CN(C#N)C2. The Kier molecular flexibility index (Phi) is 2.12. The van der Waals surface area contributed by atoms with Crippen molar-refractivity contribution in [3.63, 3.8) is 0 Å². The third kappa shape index (κ3) is 1.48. The highest BCUT2D eigenvalue weighted by molar-refractivity contribution is 5.64. The number of aryl methyl sites for hydroxylation is 1. The molecule has 4 nitrogen and oxygen atoms in total. The number of hydrogen-bond acceptors (Lipinski definition) is 3. The summed E-state index contributed by atoms with van der Waals surface area (Å²) in [6, 6.07) is 10.1. The lowest BCUT2D eigenvalue weighted by atomic mass is 10.1. The van der Waals surface area contributed by atoms with Gasteiger partial charge in [-0.3, -0.25) is 4.68 Å². The molecular weight excluding hydrogens is 212 g/mol. The van der Waals surface area contributed by atoms with E-state index < -0.39 is 0 Å². The van der Waals surface area contributed by atoms with Gasteiger partial charge in [0.1, 0.15) is 0 Å². The summed E-state index contributed by atoms with van der Waals surface area (Å²) in [4.78, 5) is 1.75. The molecule has 0 saturated carbocycles. The first-order valence-electron chi connectivity index (χ1n) is 5.54. The molecule has 0 spiro atoms. The Morgan fingerprint density at radius 2 is 2.00 bits per heavy atom. The van der Waals surface area contributed by atoms with Gasteiger partial charge in [0.25, 0.3) is 0 Å². The molecule has 17 heavy (non-hydrogen) atoms. The van der Waals surface area contributed by atoms with Gasteiger partial charge in [0.2, 0.25) is 0 Å². The number of benzene rings is 1. The van der Waals surface area contributed by atoms with Crippen molar-refractivity contribution in [2.24, 2.45) is 7.05 Å². The molecule has 0 radical (unpaired) electrons. The first-order chi connectivity index (χ1) is 8.29. The molecule has 1 aromatic heterocycles. The summed E-state index contributed by atoms with van der Waals surface area (Å²) in [6.07, 6.45) is 2.20. The number of nitrogens with zero attached hydrogens (tertiary/aromatic N) is 4. The van der Waals surface area contributed by atoms with Crippen molar-refractivity contribution >= 4 is 0 Å². The van der Waals surface area contributed by atoms with Crippen LogP contribution in [0.1, 0.15) is 11.3 Å². The monoisotopic (exact) mass is 224 g/mol. The van der Waals surface area contributed by atoms with E-state index in [0.29, 0.717) is 13.1 Å². The van der Waals surface area contributed by atoms with Crippen LogP contribution in [-0.4, -0.2) is 14.7 Å². The molecule has 0 fully saturated rings. The van der Waals surface area contributed by atoms with Crippen LogP contribution in [0, 0.1) is 11.5 Å². The summed E-state index contributed by atoms with van der Waals surface area (Å²) in [5.74, 6) is 0. The molecule has 2 aromatic rings. The zero-order valence-electron chi connectivity index (χ0n) is 9.59. The van der Waals surface area contributed by atoms with Crippen molar-refractivity contribution in [2.45, 2.75) is 13.1 Å². The second kappa shape index (κ2) is 3.63. The predicted molar refractivity (Wildman–Crippen MR) is 63.5 cm³/mol. The minimum absolute atomic E-state index is 0.669. The van der Waals surface area contributed by atoms with Gasteiger partial charge < -0.3 is 4.90 Å². The average Bonchev–Trinajstić information content (AvgIpc) is 2.91. The van der Waals surface area contributed by atoms with Crippen molar-refractivity contribution < 1.29 is 0 Å². The van der Waals surface area contributed by atoms with Crippen molar-refractivity contribution in [2.75, 3.05) is 0 Å². The fourth-order valence-corrected chi connectivity index (χ4v) is 2.29. The summed E-state index contributed by atoms with van der Waals surface area (Å²) in [7, 11) is 1.94. The molecule has 4 heteroatoms.